The van der Waals surface area contributed by atoms with Crippen molar-refractivity contribution < 1.29 is 22.7 Å². The number of hydrogen-bond donors (Lipinski definition) is 0. The highest BCUT2D eigenvalue weighted by atomic mass is 35.5. The Morgan fingerprint density at radius 3 is 2.62 bits per heavy atom. The summed E-state index contributed by atoms with van der Waals surface area (Å²) in [6.07, 6.45) is -1.45. The summed E-state index contributed by atoms with van der Waals surface area (Å²) in [6, 6.07) is -1.05. The average molecular weight is 418 g/mol. The van der Waals surface area contributed by atoms with E-state index in [1.165, 1.54) is 6.92 Å². The number of halogens is 5. The molecule has 0 saturated heterocycles. The first-order valence-electron chi connectivity index (χ1n) is 8.21. The van der Waals surface area contributed by atoms with Gasteiger partial charge in [-0.3, -0.25) is 4.79 Å². The van der Waals surface area contributed by atoms with Gasteiger partial charge in [0, 0.05) is 5.38 Å². The van der Waals surface area contributed by atoms with E-state index < -0.39 is 47.1 Å². The maximum absolute atomic E-state index is 14.5. The van der Waals surface area contributed by atoms with Crippen LogP contribution < -0.4 is 5.69 Å². The molecule has 0 amide bonds. The molecular formula is C15H20Cl2F3N3O3. The SMILES string of the molecule is CCOC(=O)C(Cl)CC1CC(n2nc(C)n(C(F)F)c2=O)C(F)CC1Cl. The lowest BCUT2D eigenvalue weighted by Crippen LogP contribution is -2.41. The van der Waals surface area contributed by atoms with Gasteiger partial charge in [-0.05, 0) is 39.0 Å². The van der Waals surface area contributed by atoms with Gasteiger partial charge in [-0.1, -0.05) is 0 Å². The zero-order valence-electron chi connectivity index (χ0n) is 14.2. The molecule has 0 spiro atoms. The van der Waals surface area contributed by atoms with Crippen molar-refractivity contribution in [1.82, 2.24) is 14.3 Å². The summed E-state index contributed by atoms with van der Waals surface area (Å²) in [7, 11) is 0. The number of carbonyl (C=O) groups excluding carboxylic acids is 1. The Kier molecular flexibility index (Phi) is 7.01. The van der Waals surface area contributed by atoms with E-state index in [9.17, 15) is 22.8 Å². The molecule has 5 atom stereocenters. The van der Waals surface area contributed by atoms with Crippen molar-refractivity contribution in [3.05, 3.63) is 16.3 Å². The third-order valence-electron chi connectivity index (χ3n) is 4.49. The summed E-state index contributed by atoms with van der Waals surface area (Å²) in [6.45, 7) is -0.00112. The smallest absolute Gasteiger partial charge is 0.350 e. The van der Waals surface area contributed by atoms with Crippen LogP contribution in [-0.2, 0) is 9.53 Å². The molecule has 1 aliphatic rings. The lowest BCUT2D eigenvalue weighted by atomic mass is 9.81. The quantitative estimate of drug-likeness (QED) is 0.526. The van der Waals surface area contributed by atoms with E-state index >= 15 is 0 Å². The second-order valence-corrected chi connectivity index (χ2v) is 7.30. The molecule has 0 aromatic carbocycles. The Hall–Kier alpha value is -1.22. The number of esters is 1. The van der Waals surface area contributed by atoms with E-state index in [4.69, 9.17) is 27.9 Å². The van der Waals surface area contributed by atoms with Gasteiger partial charge in [0.25, 0.3) is 0 Å². The van der Waals surface area contributed by atoms with Gasteiger partial charge in [0.05, 0.1) is 12.6 Å². The third kappa shape index (κ3) is 4.36. The Morgan fingerprint density at radius 2 is 2.08 bits per heavy atom. The topological polar surface area (TPSA) is 66.1 Å². The van der Waals surface area contributed by atoms with Crippen LogP contribution in [0.2, 0.25) is 0 Å². The summed E-state index contributed by atoms with van der Waals surface area (Å²) in [5.41, 5.74) is -1.08. The van der Waals surface area contributed by atoms with Gasteiger partial charge >= 0.3 is 18.2 Å². The molecule has 0 radical (unpaired) electrons. The van der Waals surface area contributed by atoms with Gasteiger partial charge in [-0.25, -0.2) is 18.4 Å². The first kappa shape index (κ1) is 21.1. The number of aryl methyl sites for hydroxylation is 1. The monoisotopic (exact) mass is 417 g/mol. The van der Waals surface area contributed by atoms with Crippen LogP contribution in [-0.4, -0.2) is 43.8 Å². The number of nitrogens with zero attached hydrogens (tertiary/aromatic N) is 3. The van der Waals surface area contributed by atoms with E-state index in [-0.39, 0.29) is 36.3 Å². The van der Waals surface area contributed by atoms with Crippen molar-refractivity contribution in [2.24, 2.45) is 5.92 Å². The minimum atomic E-state index is -3.06. The predicted molar refractivity (Wildman–Crippen MR) is 89.7 cm³/mol. The van der Waals surface area contributed by atoms with Crippen LogP contribution in [0, 0.1) is 12.8 Å². The molecule has 0 aliphatic heterocycles. The summed E-state index contributed by atoms with van der Waals surface area (Å²) < 4.78 is 46.2. The fraction of sp³-hybridized carbons (Fsp3) is 0.800. The number of hydrogen-bond acceptors (Lipinski definition) is 4. The second kappa shape index (κ2) is 8.65. The summed E-state index contributed by atoms with van der Waals surface area (Å²) in [5, 5.41) is 2.22. The molecule has 6 nitrogen and oxygen atoms in total. The fourth-order valence-corrected chi connectivity index (χ4v) is 3.87. The highest BCUT2D eigenvalue weighted by molar-refractivity contribution is 6.30. The van der Waals surface area contributed by atoms with E-state index in [0.717, 1.165) is 4.68 Å². The number of rotatable bonds is 6. The van der Waals surface area contributed by atoms with Crippen LogP contribution in [0.3, 0.4) is 0 Å². The molecular weight excluding hydrogens is 398 g/mol. The van der Waals surface area contributed by atoms with E-state index in [2.05, 4.69) is 5.10 Å². The molecule has 0 bridgehead atoms. The number of alkyl halides is 5. The first-order valence-corrected chi connectivity index (χ1v) is 9.09. The number of carbonyl (C=O) groups is 1. The molecule has 1 saturated carbocycles. The van der Waals surface area contributed by atoms with Crippen LogP contribution in [0.4, 0.5) is 13.2 Å². The maximum Gasteiger partial charge on any atom is 0.350 e. The van der Waals surface area contributed by atoms with Crippen molar-refractivity contribution in [1.29, 1.82) is 0 Å². The molecule has 0 N–H and O–H groups in total. The zero-order chi connectivity index (χ0) is 19.6. The van der Waals surface area contributed by atoms with E-state index in [0.29, 0.717) is 0 Å². The van der Waals surface area contributed by atoms with Gasteiger partial charge in [-0.2, -0.15) is 13.9 Å². The van der Waals surface area contributed by atoms with Crippen LogP contribution in [0.5, 0.6) is 0 Å². The van der Waals surface area contributed by atoms with Gasteiger partial charge < -0.3 is 4.74 Å². The van der Waals surface area contributed by atoms with E-state index in [1.807, 2.05) is 0 Å². The number of ether oxygens (including phenoxy) is 1. The second-order valence-electron chi connectivity index (χ2n) is 6.21. The minimum Gasteiger partial charge on any atom is -0.465 e. The van der Waals surface area contributed by atoms with E-state index in [1.54, 1.807) is 6.92 Å². The highest BCUT2D eigenvalue weighted by Gasteiger charge is 2.41. The van der Waals surface area contributed by atoms with Gasteiger partial charge in [0.1, 0.15) is 17.4 Å². The first-order chi connectivity index (χ1) is 12.2. The van der Waals surface area contributed by atoms with Crippen molar-refractivity contribution >= 4 is 29.2 Å². The molecule has 1 fully saturated rings. The van der Waals surface area contributed by atoms with Crippen molar-refractivity contribution in [2.75, 3.05) is 6.61 Å². The standard InChI is InChI=1S/C15H20Cl2F3N3O3/c1-3-26-13(24)10(17)4-8-5-12(11(18)6-9(8)16)23-15(25)22(14(19)20)7(2)21-23/h8-12,14H,3-6H2,1-2H3. The summed E-state index contributed by atoms with van der Waals surface area (Å²) in [5.74, 6) is -1.21. The molecule has 11 heteroatoms. The van der Waals surface area contributed by atoms with Crippen LogP contribution in [0.15, 0.2) is 4.79 Å². The molecule has 148 valence electrons. The molecule has 1 heterocycles. The van der Waals surface area contributed by atoms with Crippen LogP contribution >= 0.6 is 23.2 Å². The summed E-state index contributed by atoms with van der Waals surface area (Å²) in [4.78, 5) is 23.9. The van der Waals surface area contributed by atoms with Gasteiger partial charge in [-0.15, -0.1) is 23.2 Å². The Bertz CT molecular complexity index is 697. The third-order valence-corrected chi connectivity index (χ3v) is 5.38. The lowest BCUT2D eigenvalue weighted by molar-refractivity contribution is -0.143. The van der Waals surface area contributed by atoms with Crippen LogP contribution in [0.1, 0.15) is 44.6 Å². The largest absolute Gasteiger partial charge is 0.465 e. The van der Waals surface area contributed by atoms with Crippen molar-refractivity contribution in [2.45, 2.75) is 62.6 Å². The molecule has 2 rings (SSSR count). The van der Waals surface area contributed by atoms with Crippen LogP contribution in [0.25, 0.3) is 0 Å². The molecule has 1 aromatic rings. The Labute approximate surface area is 158 Å². The Balaban J connectivity index is 2.21. The molecule has 1 aromatic heterocycles. The molecule has 26 heavy (non-hydrogen) atoms. The Morgan fingerprint density at radius 1 is 1.42 bits per heavy atom. The normalized spacial score (nSPS) is 27.5. The number of aromatic nitrogens is 3. The fourth-order valence-electron chi connectivity index (χ4n) is 3.20. The van der Waals surface area contributed by atoms with Crippen molar-refractivity contribution in [3.8, 4) is 0 Å². The lowest BCUT2D eigenvalue weighted by Gasteiger charge is -2.35. The van der Waals surface area contributed by atoms with Gasteiger partial charge in [0.15, 0.2) is 0 Å². The molecule has 1 aliphatic carbocycles. The zero-order valence-corrected chi connectivity index (χ0v) is 15.8. The highest BCUT2D eigenvalue weighted by Crippen LogP contribution is 2.40. The average Bonchev–Trinajstić information content (AvgIpc) is 2.84. The van der Waals surface area contributed by atoms with Gasteiger partial charge in [0.2, 0.25) is 0 Å². The predicted octanol–water partition coefficient (Wildman–Crippen LogP) is 3.21. The summed E-state index contributed by atoms with van der Waals surface area (Å²) >= 11 is 12.2. The van der Waals surface area contributed by atoms with Crippen molar-refractivity contribution in [3.63, 3.8) is 0 Å². The maximum atomic E-state index is 14.5. The molecule has 5 unspecified atom stereocenters. The minimum absolute atomic E-state index is 0.0531.